The molecule has 0 fully saturated rings. The van der Waals surface area contributed by atoms with Gasteiger partial charge in [-0.3, -0.25) is 9.79 Å². The number of aromatic nitrogens is 2. The van der Waals surface area contributed by atoms with Gasteiger partial charge >= 0.3 is 5.97 Å². The molecule has 4 aromatic rings. The third-order valence-electron chi connectivity index (χ3n) is 6.17. The first kappa shape index (κ1) is 23.2. The Labute approximate surface area is 209 Å². The summed E-state index contributed by atoms with van der Waals surface area (Å²) in [6.45, 7) is 4.96. The van der Waals surface area contributed by atoms with Crippen molar-refractivity contribution in [2.45, 2.75) is 26.3 Å². The lowest BCUT2D eigenvalue weighted by Gasteiger charge is -2.14. The summed E-state index contributed by atoms with van der Waals surface area (Å²) >= 11 is 0. The van der Waals surface area contributed by atoms with Gasteiger partial charge in [0.2, 0.25) is 5.91 Å². The lowest BCUT2D eigenvalue weighted by atomic mass is 9.90. The number of anilines is 1. The number of ether oxygens (including phenoxy) is 1. The molecule has 1 aliphatic heterocycles. The van der Waals surface area contributed by atoms with Gasteiger partial charge in [0, 0.05) is 30.2 Å². The van der Waals surface area contributed by atoms with Crippen LogP contribution in [0.25, 0.3) is 11.4 Å². The van der Waals surface area contributed by atoms with E-state index in [4.69, 9.17) is 9.73 Å². The molecule has 0 saturated carbocycles. The molecule has 0 aliphatic carbocycles. The summed E-state index contributed by atoms with van der Waals surface area (Å²) in [5.74, 6) is -0.316. The molecule has 0 bridgehead atoms. The number of fused-ring (bicyclic) bond motifs is 1. The Morgan fingerprint density at radius 3 is 2.53 bits per heavy atom. The highest BCUT2D eigenvalue weighted by atomic mass is 16.5. The molecule has 0 spiro atoms. The van der Waals surface area contributed by atoms with Gasteiger partial charge in [0.15, 0.2) is 0 Å². The molecular weight excluding hydrogens is 452 g/mol. The molecule has 7 nitrogen and oxygen atoms in total. The molecule has 2 heterocycles. The first-order chi connectivity index (χ1) is 17.6. The van der Waals surface area contributed by atoms with Crippen LogP contribution in [0.1, 0.15) is 41.3 Å². The van der Waals surface area contributed by atoms with E-state index in [1.807, 2.05) is 60.8 Å². The topological polar surface area (TPSA) is 85.6 Å². The number of imidazole rings is 1. The standard InChI is InChI=1S/C29H26N4O3/c1-3-33-17-16-30-27(33)20-10-13-22(14-11-20)31-26(19-8-6-5-7-9-19)25-23-15-12-21(29(35)36-4-2)18-24(23)32-28(25)34/h5-18,25H,3-4H2,1-2H3,(H,32,34). The van der Waals surface area contributed by atoms with Crippen molar-refractivity contribution in [1.82, 2.24) is 9.55 Å². The fourth-order valence-corrected chi connectivity index (χ4v) is 4.43. The average molecular weight is 479 g/mol. The van der Waals surface area contributed by atoms with E-state index >= 15 is 0 Å². The average Bonchev–Trinajstić information content (AvgIpc) is 3.51. The van der Waals surface area contributed by atoms with E-state index in [1.54, 1.807) is 31.3 Å². The van der Waals surface area contributed by atoms with Crippen LogP contribution in [-0.4, -0.2) is 33.7 Å². The number of esters is 1. The second-order valence-corrected chi connectivity index (χ2v) is 8.39. The number of nitrogens with one attached hydrogen (secondary N) is 1. The SMILES string of the molecule is CCOC(=O)c1ccc2c(c1)NC(=O)C2C(=Nc1ccc(-c2nccn2CC)cc1)c1ccccc1. The molecule has 0 saturated heterocycles. The van der Waals surface area contributed by atoms with Gasteiger partial charge in [-0.15, -0.1) is 0 Å². The summed E-state index contributed by atoms with van der Waals surface area (Å²) in [7, 11) is 0. The molecule has 1 N–H and O–H groups in total. The van der Waals surface area contributed by atoms with E-state index in [-0.39, 0.29) is 12.5 Å². The van der Waals surface area contributed by atoms with Crippen LogP contribution < -0.4 is 5.32 Å². The predicted molar refractivity (Wildman–Crippen MR) is 140 cm³/mol. The van der Waals surface area contributed by atoms with E-state index in [9.17, 15) is 9.59 Å². The second-order valence-electron chi connectivity index (χ2n) is 8.39. The first-order valence-electron chi connectivity index (χ1n) is 12.0. The number of aliphatic imine (C=N–C) groups is 1. The highest BCUT2D eigenvalue weighted by Gasteiger charge is 2.36. The number of amides is 1. The van der Waals surface area contributed by atoms with Gasteiger partial charge in [0.05, 0.1) is 23.6 Å². The van der Waals surface area contributed by atoms with Crippen LogP contribution >= 0.6 is 0 Å². The Bertz CT molecular complexity index is 1440. The number of aryl methyl sites for hydroxylation is 1. The Hall–Kier alpha value is -4.52. The number of rotatable bonds is 7. The van der Waals surface area contributed by atoms with Crippen LogP contribution in [-0.2, 0) is 16.1 Å². The monoisotopic (exact) mass is 478 g/mol. The molecular formula is C29H26N4O3. The number of hydrogen-bond donors (Lipinski definition) is 1. The maximum Gasteiger partial charge on any atom is 0.338 e. The summed E-state index contributed by atoms with van der Waals surface area (Å²) in [4.78, 5) is 34.8. The minimum absolute atomic E-state index is 0.185. The Kier molecular flexibility index (Phi) is 6.45. The molecule has 5 rings (SSSR count). The van der Waals surface area contributed by atoms with E-state index in [2.05, 4.69) is 21.8 Å². The summed E-state index contributed by atoms with van der Waals surface area (Å²) in [5, 5.41) is 2.92. The van der Waals surface area contributed by atoms with Crippen molar-refractivity contribution in [3.8, 4) is 11.4 Å². The van der Waals surface area contributed by atoms with Gasteiger partial charge in [0.1, 0.15) is 11.7 Å². The van der Waals surface area contributed by atoms with Crippen molar-refractivity contribution in [2.24, 2.45) is 4.99 Å². The van der Waals surface area contributed by atoms with Gasteiger partial charge in [-0.2, -0.15) is 0 Å². The van der Waals surface area contributed by atoms with Crippen molar-refractivity contribution in [3.63, 3.8) is 0 Å². The van der Waals surface area contributed by atoms with Crippen LogP contribution in [0, 0.1) is 0 Å². The van der Waals surface area contributed by atoms with Gasteiger partial charge in [-0.1, -0.05) is 36.4 Å². The van der Waals surface area contributed by atoms with Crippen LogP contribution in [0.15, 0.2) is 90.2 Å². The molecule has 180 valence electrons. The molecule has 1 aliphatic rings. The molecule has 1 atom stereocenters. The highest BCUT2D eigenvalue weighted by molar-refractivity contribution is 6.24. The fourth-order valence-electron chi connectivity index (χ4n) is 4.43. The van der Waals surface area contributed by atoms with Crippen molar-refractivity contribution in [3.05, 3.63) is 102 Å². The largest absolute Gasteiger partial charge is 0.462 e. The lowest BCUT2D eigenvalue weighted by molar-refractivity contribution is -0.115. The van der Waals surface area contributed by atoms with Crippen molar-refractivity contribution in [2.75, 3.05) is 11.9 Å². The molecule has 1 aromatic heterocycles. The minimum Gasteiger partial charge on any atom is -0.462 e. The molecule has 7 heteroatoms. The normalized spacial score (nSPS) is 14.9. The van der Waals surface area contributed by atoms with Crippen LogP contribution in [0.2, 0.25) is 0 Å². The smallest absolute Gasteiger partial charge is 0.338 e. The predicted octanol–water partition coefficient (Wildman–Crippen LogP) is 5.60. The summed E-state index contributed by atoms with van der Waals surface area (Å²) in [6.07, 6.45) is 3.75. The molecule has 0 radical (unpaired) electrons. The number of carbonyl (C=O) groups excluding carboxylic acids is 2. The quantitative estimate of drug-likeness (QED) is 0.277. The fraction of sp³-hybridized carbons (Fsp3) is 0.172. The highest BCUT2D eigenvalue weighted by Crippen LogP contribution is 2.37. The second kappa shape index (κ2) is 10.00. The van der Waals surface area contributed by atoms with Gasteiger partial charge in [0.25, 0.3) is 0 Å². The zero-order valence-corrected chi connectivity index (χ0v) is 20.1. The van der Waals surface area contributed by atoms with Gasteiger partial charge < -0.3 is 14.6 Å². The maximum atomic E-state index is 13.2. The Balaban J connectivity index is 1.54. The van der Waals surface area contributed by atoms with Crippen molar-refractivity contribution >= 4 is 29.0 Å². The third-order valence-corrected chi connectivity index (χ3v) is 6.17. The summed E-state index contributed by atoms with van der Waals surface area (Å²) in [5.41, 5.74) is 4.99. The van der Waals surface area contributed by atoms with E-state index in [0.29, 0.717) is 17.0 Å². The van der Waals surface area contributed by atoms with Gasteiger partial charge in [-0.05, 0) is 61.4 Å². The van der Waals surface area contributed by atoms with Crippen molar-refractivity contribution in [1.29, 1.82) is 0 Å². The molecule has 3 aromatic carbocycles. The maximum absolute atomic E-state index is 13.2. The molecule has 36 heavy (non-hydrogen) atoms. The Morgan fingerprint density at radius 2 is 1.81 bits per heavy atom. The van der Waals surface area contributed by atoms with Crippen molar-refractivity contribution < 1.29 is 14.3 Å². The third kappa shape index (κ3) is 4.43. The van der Waals surface area contributed by atoms with E-state index in [0.717, 1.165) is 34.7 Å². The zero-order chi connectivity index (χ0) is 25.1. The first-order valence-corrected chi connectivity index (χ1v) is 12.0. The van der Waals surface area contributed by atoms with E-state index in [1.165, 1.54) is 0 Å². The number of carbonyl (C=O) groups is 2. The van der Waals surface area contributed by atoms with Crippen LogP contribution in [0.5, 0.6) is 0 Å². The van der Waals surface area contributed by atoms with Crippen LogP contribution in [0.4, 0.5) is 11.4 Å². The number of nitrogens with zero attached hydrogens (tertiary/aromatic N) is 3. The summed E-state index contributed by atoms with van der Waals surface area (Å²) in [6, 6.07) is 22.7. The minimum atomic E-state index is -0.614. The lowest BCUT2D eigenvalue weighted by Crippen LogP contribution is -2.21. The van der Waals surface area contributed by atoms with Crippen LogP contribution in [0.3, 0.4) is 0 Å². The number of benzene rings is 3. The zero-order valence-electron chi connectivity index (χ0n) is 20.1. The molecule has 1 amide bonds. The van der Waals surface area contributed by atoms with E-state index < -0.39 is 11.9 Å². The van der Waals surface area contributed by atoms with Gasteiger partial charge in [-0.25, -0.2) is 9.78 Å². The molecule has 1 unspecified atom stereocenters. The summed E-state index contributed by atoms with van der Waals surface area (Å²) < 4.78 is 7.19. The number of hydrogen-bond acceptors (Lipinski definition) is 5. The Morgan fingerprint density at radius 1 is 1.03 bits per heavy atom.